The van der Waals surface area contributed by atoms with E-state index in [2.05, 4.69) is 12.2 Å². The highest BCUT2D eigenvalue weighted by Crippen LogP contribution is 2.24. The van der Waals surface area contributed by atoms with Crippen LogP contribution in [-0.4, -0.2) is 40.5 Å². The Bertz CT molecular complexity index is 342. The van der Waals surface area contributed by atoms with Crippen molar-refractivity contribution in [2.45, 2.75) is 13.3 Å². The zero-order valence-electron chi connectivity index (χ0n) is 11.5. The molecule has 0 aliphatic carbocycles. The van der Waals surface area contributed by atoms with Gasteiger partial charge >= 0.3 is 0 Å². The molecule has 4 heteroatoms. The lowest BCUT2D eigenvalue weighted by atomic mass is 10.1. The smallest absolute Gasteiger partial charge is 0.125 e. The molecule has 4 nitrogen and oxygen atoms in total. The topological polar surface area (TPSA) is 39.7 Å². The molecular formula is C14H23NO3. The Labute approximate surface area is 109 Å². The number of benzene rings is 1. The highest BCUT2D eigenvalue weighted by atomic mass is 16.5. The van der Waals surface area contributed by atoms with Crippen LogP contribution in [0.2, 0.25) is 0 Å². The Kier molecular flexibility index (Phi) is 7.22. The Hall–Kier alpha value is -1.26. The summed E-state index contributed by atoms with van der Waals surface area (Å²) in [5, 5.41) is 3.22. The summed E-state index contributed by atoms with van der Waals surface area (Å²) in [6.45, 7) is 5.41. The second-order valence-electron chi connectivity index (χ2n) is 3.89. The van der Waals surface area contributed by atoms with E-state index in [1.165, 1.54) is 0 Å². The van der Waals surface area contributed by atoms with E-state index in [1.54, 1.807) is 14.2 Å². The Balaban J connectivity index is 2.37. The fourth-order valence-electron chi connectivity index (χ4n) is 1.66. The molecule has 0 saturated heterocycles. The van der Waals surface area contributed by atoms with E-state index in [4.69, 9.17) is 14.2 Å². The maximum Gasteiger partial charge on any atom is 0.125 e. The molecule has 1 aromatic carbocycles. The van der Waals surface area contributed by atoms with Crippen LogP contribution in [0.5, 0.6) is 11.5 Å². The van der Waals surface area contributed by atoms with Crippen LogP contribution >= 0.6 is 0 Å². The Morgan fingerprint density at radius 1 is 1.11 bits per heavy atom. The van der Waals surface area contributed by atoms with Gasteiger partial charge in [0.05, 0.1) is 27.4 Å². The van der Waals surface area contributed by atoms with Crippen molar-refractivity contribution in [3.63, 3.8) is 0 Å². The average molecular weight is 253 g/mol. The van der Waals surface area contributed by atoms with E-state index < -0.39 is 0 Å². The molecule has 0 fully saturated rings. The number of likely N-dealkylation sites (N-methyl/N-ethyl adjacent to an activating group) is 1. The summed E-state index contributed by atoms with van der Waals surface area (Å²) in [6, 6.07) is 5.86. The summed E-state index contributed by atoms with van der Waals surface area (Å²) < 4.78 is 16.0. The van der Waals surface area contributed by atoms with Gasteiger partial charge in [-0.1, -0.05) is 13.0 Å². The molecule has 0 aliphatic rings. The molecule has 0 aromatic heterocycles. The molecule has 0 saturated carbocycles. The fourth-order valence-corrected chi connectivity index (χ4v) is 1.66. The van der Waals surface area contributed by atoms with Crippen LogP contribution in [0.1, 0.15) is 12.5 Å². The Morgan fingerprint density at radius 3 is 2.61 bits per heavy atom. The summed E-state index contributed by atoms with van der Waals surface area (Å²) in [7, 11) is 3.32. The number of nitrogens with one attached hydrogen (secondary N) is 1. The zero-order valence-corrected chi connectivity index (χ0v) is 11.5. The minimum Gasteiger partial charge on any atom is -0.497 e. The van der Waals surface area contributed by atoms with E-state index >= 15 is 0 Å². The number of methoxy groups -OCH3 is 2. The summed E-state index contributed by atoms with van der Waals surface area (Å²) in [5.41, 5.74) is 1.14. The lowest BCUT2D eigenvalue weighted by molar-refractivity contribution is 0.139. The first-order valence-electron chi connectivity index (χ1n) is 6.31. The summed E-state index contributed by atoms with van der Waals surface area (Å²) in [4.78, 5) is 0. The van der Waals surface area contributed by atoms with Crippen molar-refractivity contribution in [1.82, 2.24) is 5.32 Å². The van der Waals surface area contributed by atoms with Crippen molar-refractivity contribution in [2.75, 3.05) is 40.5 Å². The largest absolute Gasteiger partial charge is 0.497 e. The average Bonchev–Trinajstić information content (AvgIpc) is 2.42. The van der Waals surface area contributed by atoms with Gasteiger partial charge in [-0.2, -0.15) is 0 Å². The molecule has 0 aliphatic heterocycles. The van der Waals surface area contributed by atoms with Crippen molar-refractivity contribution in [2.24, 2.45) is 0 Å². The third-order valence-corrected chi connectivity index (χ3v) is 2.68. The van der Waals surface area contributed by atoms with Crippen LogP contribution in [0.3, 0.4) is 0 Å². The normalized spacial score (nSPS) is 10.4. The van der Waals surface area contributed by atoms with Crippen molar-refractivity contribution in [1.29, 1.82) is 0 Å². The minimum atomic E-state index is 0.702. The van der Waals surface area contributed by atoms with Crippen LogP contribution in [-0.2, 0) is 11.2 Å². The monoisotopic (exact) mass is 253 g/mol. The molecule has 1 aromatic rings. The standard InChI is InChI=1S/C14H23NO3/c1-4-15-8-10-18-9-7-12-5-6-13(16-2)11-14(12)17-3/h5-6,11,15H,4,7-10H2,1-3H3. The predicted molar refractivity (Wildman–Crippen MR) is 72.6 cm³/mol. The molecule has 102 valence electrons. The minimum absolute atomic E-state index is 0.702. The number of hydrogen-bond donors (Lipinski definition) is 1. The maximum atomic E-state index is 5.55. The van der Waals surface area contributed by atoms with Crippen molar-refractivity contribution in [3.05, 3.63) is 23.8 Å². The molecule has 1 rings (SSSR count). The van der Waals surface area contributed by atoms with E-state index in [9.17, 15) is 0 Å². The van der Waals surface area contributed by atoms with E-state index in [1.807, 2.05) is 18.2 Å². The van der Waals surface area contributed by atoms with Crippen LogP contribution in [0.25, 0.3) is 0 Å². The predicted octanol–water partition coefficient (Wildman–Crippen LogP) is 1.87. The van der Waals surface area contributed by atoms with Gasteiger partial charge < -0.3 is 19.5 Å². The first-order valence-corrected chi connectivity index (χ1v) is 6.31. The third kappa shape index (κ3) is 4.94. The summed E-state index contributed by atoms with van der Waals surface area (Å²) >= 11 is 0. The molecule has 0 bridgehead atoms. The highest BCUT2D eigenvalue weighted by molar-refractivity contribution is 5.40. The lowest BCUT2D eigenvalue weighted by Crippen LogP contribution is -2.19. The lowest BCUT2D eigenvalue weighted by Gasteiger charge is -2.10. The van der Waals surface area contributed by atoms with E-state index in [-0.39, 0.29) is 0 Å². The molecular weight excluding hydrogens is 230 g/mol. The van der Waals surface area contributed by atoms with E-state index in [0.717, 1.165) is 43.2 Å². The van der Waals surface area contributed by atoms with Crippen LogP contribution in [0.4, 0.5) is 0 Å². The van der Waals surface area contributed by atoms with Gasteiger partial charge in [-0.05, 0) is 24.6 Å². The first-order chi connectivity index (χ1) is 8.81. The molecule has 0 amide bonds. The van der Waals surface area contributed by atoms with Crippen LogP contribution in [0.15, 0.2) is 18.2 Å². The third-order valence-electron chi connectivity index (χ3n) is 2.68. The maximum absolute atomic E-state index is 5.55. The SMILES string of the molecule is CCNCCOCCc1ccc(OC)cc1OC. The van der Waals surface area contributed by atoms with Gasteiger partial charge in [0.15, 0.2) is 0 Å². The molecule has 0 unspecified atom stereocenters. The van der Waals surface area contributed by atoms with Crippen molar-refractivity contribution in [3.8, 4) is 11.5 Å². The summed E-state index contributed by atoms with van der Waals surface area (Å²) in [5.74, 6) is 1.66. The van der Waals surface area contributed by atoms with Gasteiger partial charge in [-0.15, -0.1) is 0 Å². The molecule has 0 radical (unpaired) electrons. The highest BCUT2D eigenvalue weighted by Gasteiger charge is 2.04. The van der Waals surface area contributed by atoms with Gasteiger partial charge in [-0.25, -0.2) is 0 Å². The second-order valence-corrected chi connectivity index (χ2v) is 3.89. The number of hydrogen-bond acceptors (Lipinski definition) is 4. The van der Waals surface area contributed by atoms with Gasteiger partial charge in [-0.3, -0.25) is 0 Å². The quantitative estimate of drug-likeness (QED) is 0.682. The Morgan fingerprint density at radius 2 is 1.94 bits per heavy atom. The van der Waals surface area contributed by atoms with Gasteiger partial charge in [0.2, 0.25) is 0 Å². The van der Waals surface area contributed by atoms with Gasteiger partial charge in [0.1, 0.15) is 11.5 Å². The molecule has 0 atom stereocenters. The zero-order chi connectivity index (χ0) is 13.2. The van der Waals surface area contributed by atoms with Gasteiger partial charge in [0.25, 0.3) is 0 Å². The summed E-state index contributed by atoms with van der Waals surface area (Å²) in [6.07, 6.45) is 0.847. The van der Waals surface area contributed by atoms with Crippen LogP contribution < -0.4 is 14.8 Å². The van der Waals surface area contributed by atoms with Crippen molar-refractivity contribution >= 4 is 0 Å². The number of rotatable bonds is 9. The fraction of sp³-hybridized carbons (Fsp3) is 0.571. The molecule has 0 spiro atoms. The van der Waals surface area contributed by atoms with Crippen molar-refractivity contribution < 1.29 is 14.2 Å². The van der Waals surface area contributed by atoms with Crippen LogP contribution in [0, 0.1) is 0 Å². The van der Waals surface area contributed by atoms with Gasteiger partial charge in [0, 0.05) is 12.6 Å². The second kappa shape index (κ2) is 8.78. The molecule has 18 heavy (non-hydrogen) atoms. The van der Waals surface area contributed by atoms with E-state index in [0.29, 0.717) is 6.61 Å². The number of ether oxygens (including phenoxy) is 3. The molecule has 0 heterocycles. The molecule has 1 N–H and O–H groups in total. The first kappa shape index (κ1) is 14.8.